The van der Waals surface area contributed by atoms with Gasteiger partial charge in [0.05, 0.1) is 24.8 Å². The van der Waals surface area contributed by atoms with Crippen LogP contribution in [-0.2, 0) is 26.2 Å². The highest BCUT2D eigenvalue weighted by atomic mass is 16.0. The molecule has 15 heteroatoms. The van der Waals surface area contributed by atoms with Gasteiger partial charge in [-0.15, -0.1) is 20.4 Å². The van der Waals surface area contributed by atoms with Gasteiger partial charge in [0.15, 0.2) is 0 Å². The third-order valence-electron chi connectivity index (χ3n) is 6.61. The molecule has 41 heavy (non-hydrogen) atoms. The van der Waals surface area contributed by atoms with Gasteiger partial charge in [0, 0.05) is 48.4 Å². The van der Waals surface area contributed by atoms with Crippen LogP contribution in [0.2, 0.25) is 0 Å². The van der Waals surface area contributed by atoms with Gasteiger partial charge in [-0.1, -0.05) is 57.3 Å². The standard InChI is InChI=1S/C26H24N12.3H2O/c1-5-19-13-20(6-1)24-16-36(32-28-24)10-4-12-38-18-26(30-34-38)22-8-2-7-21(14-22)25-17-37(33-29-25)11-3-9-35-15-23(19)27-31-35;;;/h1-2,5-8,13-18H,3-4,9-12H2;3*1H2. The van der Waals surface area contributed by atoms with Crippen molar-refractivity contribution in [3.63, 3.8) is 0 Å². The van der Waals surface area contributed by atoms with E-state index in [2.05, 4.69) is 53.4 Å². The summed E-state index contributed by atoms with van der Waals surface area (Å²) in [5.74, 6) is 0. The number of hydrogen-bond donors (Lipinski definition) is 0. The molecule has 15 nitrogen and oxygen atoms in total. The first-order valence-electron chi connectivity index (χ1n) is 12.6. The Morgan fingerprint density at radius 2 is 0.683 bits per heavy atom. The molecule has 6 N–H and O–H groups in total. The van der Waals surface area contributed by atoms with Crippen LogP contribution in [0.5, 0.6) is 0 Å². The van der Waals surface area contributed by atoms with Crippen LogP contribution in [0.1, 0.15) is 12.8 Å². The van der Waals surface area contributed by atoms with Gasteiger partial charge in [0.2, 0.25) is 0 Å². The van der Waals surface area contributed by atoms with Gasteiger partial charge in [0.1, 0.15) is 22.8 Å². The maximum atomic E-state index is 4.39. The highest BCUT2D eigenvalue weighted by Gasteiger charge is 2.11. The van der Waals surface area contributed by atoms with Crippen molar-refractivity contribution in [2.45, 2.75) is 39.0 Å². The van der Waals surface area contributed by atoms with E-state index in [0.717, 1.165) is 84.1 Å². The van der Waals surface area contributed by atoms with Crippen LogP contribution in [0.3, 0.4) is 0 Å². The molecular formula is C26H30N12O3. The first kappa shape index (κ1) is 28.9. The van der Waals surface area contributed by atoms with Gasteiger partial charge in [0.25, 0.3) is 0 Å². The molecule has 1 aliphatic rings. The lowest BCUT2D eigenvalue weighted by Gasteiger charge is -2.02. The summed E-state index contributed by atoms with van der Waals surface area (Å²) >= 11 is 0. The fraction of sp³-hybridized carbons (Fsp3) is 0.231. The molecule has 0 saturated heterocycles. The van der Waals surface area contributed by atoms with Crippen LogP contribution in [0.15, 0.2) is 73.3 Å². The van der Waals surface area contributed by atoms with Crippen LogP contribution in [0.25, 0.3) is 45.0 Å². The zero-order valence-electron chi connectivity index (χ0n) is 22.0. The highest BCUT2D eigenvalue weighted by molar-refractivity contribution is 5.69. The number of aromatic nitrogens is 12. The SMILES string of the molecule is O.O.O.c1cc2cc(c1)-c1cn(nn1)CCCn1cc(nn1)-c1cccc(c1)-c1cn(nn1)CCCn1cc-2nn1. The molecule has 5 heterocycles. The monoisotopic (exact) mass is 558 g/mol. The van der Waals surface area contributed by atoms with Crippen LogP contribution in [0.4, 0.5) is 0 Å². The van der Waals surface area contributed by atoms with E-state index in [-0.39, 0.29) is 16.4 Å². The Kier molecular flexibility index (Phi) is 8.72. The number of benzene rings is 2. The normalized spacial score (nSPS) is 12.7. The predicted molar refractivity (Wildman–Crippen MR) is 149 cm³/mol. The quantitative estimate of drug-likeness (QED) is 0.258. The van der Waals surface area contributed by atoms with Crippen molar-refractivity contribution in [3.05, 3.63) is 73.3 Å². The zero-order chi connectivity index (χ0) is 25.3. The van der Waals surface area contributed by atoms with Crippen molar-refractivity contribution in [2.75, 3.05) is 0 Å². The van der Waals surface area contributed by atoms with Crippen LogP contribution >= 0.6 is 0 Å². The Balaban J connectivity index is 0.00000129. The summed E-state index contributed by atoms with van der Waals surface area (Å²) in [5.41, 5.74) is 7.25. The Bertz CT molecular complexity index is 1480. The van der Waals surface area contributed by atoms with Crippen molar-refractivity contribution in [1.29, 1.82) is 0 Å². The molecule has 0 atom stereocenters. The number of rotatable bonds is 0. The van der Waals surface area contributed by atoms with Gasteiger partial charge in [-0.2, -0.15) is 0 Å². The highest BCUT2D eigenvalue weighted by Crippen LogP contribution is 2.25. The Labute approximate surface area is 234 Å². The molecule has 0 unspecified atom stereocenters. The fourth-order valence-corrected chi connectivity index (χ4v) is 4.62. The summed E-state index contributed by atoms with van der Waals surface area (Å²) in [4.78, 5) is 0. The minimum atomic E-state index is 0. The first-order chi connectivity index (χ1) is 18.8. The van der Waals surface area contributed by atoms with E-state index < -0.39 is 0 Å². The summed E-state index contributed by atoms with van der Waals surface area (Å²) in [6.07, 6.45) is 9.58. The van der Waals surface area contributed by atoms with Crippen molar-refractivity contribution in [2.24, 2.45) is 0 Å². The number of aryl methyl sites for hydroxylation is 4. The van der Waals surface area contributed by atoms with E-state index in [1.54, 1.807) is 0 Å². The van der Waals surface area contributed by atoms with Gasteiger partial charge < -0.3 is 16.4 Å². The van der Waals surface area contributed by atoms with Crippen molar-refractivity contribution in [3.8, 4) is 45.0 Å². The molecule has 0 saturated carbocycles. The molecule has 0 spiro atoms. The largest absolute Gasteiger partial charge is 0.412 e. The summed E-state index contributed by atoms with van der Waals surface area (Å²) in [5, 5.41) is 34.9. The third-order valence-corrected chi connectivity index (χ3v) is 6.61. The van der Waals surface area contributed by atoms with E-state index in [4.69, 9.17) is 0 Å². The van der Waals surface area contributed by atoms with Gasteiger partial charge in [-0.3, -0.25) is 18.7 Å². The lowest BCUT2D eigenvalue weighted by atomic mass is 10.1. The Morgan fingerprint density at radius 1 is 0.415 bits per heavy atom. The lowest BCUT2D eigenvalue weighted by Crippen LogP contribution is -2.05. The minimum Gasteiger partial charge on any atom is -0.412 e. The van der Waals surface area contributed by atoms with Crippen LogP contribution in [0, 0.1) is 0 Å². The van der Waals surface area contributed by atoms with Gasteiger partial charge in [-0.25, -0.2) is 0 Å². The molecule has 4 aromatic heterocycles. The molecule has 7 rings (SSSR count). The summed E-state index contributed by atoms with van der Waals surface area (Å²) in [6, 6.07) is 16.3. The smallest absolute Gasteiger partial charge is 0.113 e. The third kappa shape index (κ3) is 6.06. The topological polar surface area (TPSA) is 217 Å². The van der Waals surface area contributed by atoms with Crippen molar-refractivity contribution >= 4 is 0 Å². The molecular weight excluding hydrogens is 528 g/mol. The number of hydrogen-bond acceptors (Lipinski definition) is 8. The van der Waals surface area contributed by atoms with Crippen molar-refractivity contribution < 1.29 is 16.4 Å². The molecule has 212 valence electrons. The molecule has 6 aromatic rings. The molecule has 0 radical (unpaired) electrons. The minimum absolute atomic E-state index is 0. The molecule has 0 amide bonds. The second-order valence-corrected chi connectivity index (χ2v) is 9.34. The van der Waals surface area contributed by atoms with Crippen LogP contribution < -0.4 is 0 Å². The summed E-state index contributed by atoms with van der Waals surface area (Å²) < 4.78 is 7.47. The Morgan fingerprint density at radius 3 is 0.951 bits per heavy atom. The van der Waals surface area contributed by atoms with E-state index in [0.29, 0.717) is 0 Å². The Hall–Kier alpha value is -5.12. The second kappa shape index (κ2) is 12.4. The molecule has 12 bridgehead atoms. The number of fused-ring (bicyclic) bond motifs is 16. The summed E-state index contributed by atoms with van der Waals surface area (Å²) in [7, 11) is 0. The van der Waals surface area contributed by atoms with E-state index in [9.17, 15) is 0 Å². The molecule has 0 aliphatic carbocycles. The molecule has 0 fully saturated rings. The lowest BCUT2D eigenvalue weighted by molar-refractivity contribution is 0.484. The summed E-state index contributed by atoms with van der Waals surface area (Å²) in [6.45, 7) is 2.89. The predicted octanol–water partition coefficient (Wildman–Crippen LogP) is 0.740. The van der Waals surface area contributed by atoms with Gasteiger partial charge in [-0.05, 0) is 25.0 Å². The maximum Gasteiger partial charge on any atom is 0.113 e. The van der Waals surface area contributed by atoms with Crippen LogP contribution in [-0.4, -0.2) is 76.4 Å². The maximum absolute atomic E-state index is 4.39. The number of nitrogens with zero attached hydrogens (tertiary/aromatic N) is 12. The molecule has 1 aliphatic heterocycles. The van der Waals surface area contributed by atoms with Gasteiger partial charge >= 0.3 is 0 Å². The second-order valence-electron chi connectivity index (χ2n) is 9.34. The average molecular weight is 559 g/mol. The van der Waals surface area contributed by atoms with E-state index >= 15 is 0 Å². The average Bonchev–Trinajstić information content (AvgIpc) is 3.76. The van der Waals surface area contributed by atoms with Crippen molar-refractivity contribution in [1.82, 2.24) is 60.0 Å². The van der Waals surface area contributed by atoms with E-state index in [1.807, 2.05) is 79.9 Å². The fourth-order valence-electron chi connectivity index (χ4n) is 4.62. The molecule has 2 aromatic carbocycles. The first-order valence-corrected chi connectivity index (χ1v) is 12.6. The zero-order valence-corrected chi connectivity index (χ0v) is 22.0. The van der Waals surface area contributed by atoms with E-state index in [1.165, 1.54) is 0 Å².